The van der Waals surface area contributed by atoms with Crippen LogP contribution >= 0.6 is 0 Å². The van der Waals surface area contributed by atoms with Crippen molar-refractivity contribution in [3.63, 3.8) is 0 Å². The molecule has 1 aromatic heterocycles. The molecule has 3 heterocycles. The number of aryl methyl sites for hydroxylation is 1. The molecule has 5 rings (SSSR count). The lowest BCUT2D eigenvalue weighted by molar-refractivity contribution is -0.376. The monoisotopic (exact) mass is 637 g/mol. The Morgan fingerprint density at radius 1 is 1.07 bits per heavy atom. The molecular formula is C31H29F6N3O5. The average Bonchev–Trinajstić information content (AvgIpc) is 3.43. The van der Waals surface area contributed by atoms with Gasteiger partial charge in [-0.1, -0.05) is 31.5 Å². The van der Waals surface area contributed by atoms with Gasteiger partial charge in [-0.3, -0.25) is 14.7 Å². The van der Waals surface area contributed by atoms with Crippen molar-refractivity contribution in [1.29, 1.82) is 0 Å². The third-order valence-corrected chi connectivity index (χ3v) is 7.91. The summed E-state index contributed by atoms with van der Waals surface area (Å²) in [6.07, 6.45) is -9.62. The zero-order valence-electron chi connectivity index (χ0n) is 24.3. The molecule has 1 fully saturated rings. The molecule has 0 spiro atoms. The first kappa shape index (κ1) is 32.1. The number of benzene rings is 2. The molecule has 2 aromatic carbocycles. The summed E-state index contributed by atoms with van der Waals surface area (Å²) in [7, 11) is 0. The van der Waals surface area contributed by atoms with Gasteiger partial charge in [-0.05, 0) is 61.2 Å². The smallest absolute Gasteiger partial charge is 0.430 e. The van der Waals surface area contributed by atoms with Crippen LogP contribution in [-0.4, -0.2) is 45.4 Å². The van der Waals surface area contributed by atoms with E-state index in [1.807, 2.05) is 13.0 Å². The Kier molecular flexibility index (Phi) is 8.01. The first-order valence-corrected chi connectivity index (χ1v) is 14.0. The second kappa shape index (κ2) is 11.2. The molecule has 1 saturated heterocycles. The van der Waals surface area contributed by atoms with Crippen molar-refractivity contribution in [2.75, 3.05) is 0 Å². The minimum atomic E-state index is -6.03. The number of hydrogen-bond acceptors (Lipinski definition) is 6. The summed E-state index contributed by atoms with van der Waals surface area (Å²) in [6.45, 7) is 4.93. The van der Waals surface area contributed by atoms with Gasteiger partial charge in [0.2, 0.25) is 0 Å². The highest BCUT2D eigenvalue weighted by Crippen LogP contribution is 2.50. The average molecular weight is 638 g/mol. The van der Waals surface area contributed by atoms with Crippen molar-refractivity contribution >= 4 is 11.9 Å². The topological polar surface area (TPSA) is 101 Å². The minimum absolute atomic E-state index is 0.00197. The lowest BCUT2D eigenvalue weighted by Crippen LogP contribution is -2.53. The highest BCUT2D eigenvalue weighted by molar-refractivity contribution is 6.07. The van der Waals surface area contributed by atoms with E-state index < -0.39 is 41.0 Å². The molecule has 14 heteroatoms. The molecule has 2 aliphatic heterocycles. The van der Waals surface area contributed by atoms with Crippen molar-refractivity contribution in [1.82, 2.24) is 15.2 Å². The van der Waals surface area contributed by atoms with E-state index in [0.717, 1.165) is 23.0 Å². The number of imide groups is 1. The number of nitrogens with zero attached hydrogens (tertiary/aromatic N) is 2. The number of rotatable bonds is 8. The molecule has 0 radical (unpaired) electrons. The van der Waals surface area contributed by atoms with Crippen LogP contribution in [0.3, 0.4) is 0 Å². The fourth-order valence-electron chi connectivity index (χ4n) is 5.50. The predicted molar refractivity (Wildman–Crippen MR) is 147 cm³/mol. The molecule has 2 aliphatic rings. The number of aromatic nitrogens is 1. The molecule has 3 amide bonds. The molecule has 2 atom stereocenters. The Labute approximate surface area is 254 Å². The van der Waals surface area contributed by atoms with Gasteiger partial charge < -0.3 is 19.9 Å². The van der Waals surface area contributed by atoms with Gasteiger partial charge in [0.1, 0.15) is 28.9 Å². The number of hydrogen-bond donors (Lipinski definition) is 2. The summed E-state index contributed by atoms with van der Waals surface area (Å²) < 4.78 is 92.4. The fourth-order valence-corrected chi connectivity index (χ4v) is 5.50. The van der Waals surface area contributed by atoms with E-state index in [1.165, 1.54) is 18.3 Å². The molecular weight excluding hydrogens is 608 g/mol. The Bertz CT molecular complexity index is 1630. The van der Waals surface area contributed by atoms with Gasteiger partial charge in [-0.15, -0.1) is 0 Å². The number of alkyl halides is 6. The minimum Gasteiger partial charge on any atom is -0.490 e. The van der Waals surface area contributed by atoms with Crippen LogP contribution < -0.4 is 14.8 Å². The number of pyridine rings is 1. The van der Waals surface area contributed by atoms with Gasteiger partial charge in [-0.25, -0.2) is 4.79 Å². The summed E-state index contributed by atoms with van der Waals surface area (Å²) in [5.74, 6) is 0.173. The van der Waals surface area contributed by atoms with Crippen LogP contribution in [0.1, 0.15) is 55.1 Å². The molecule has 2 N–H and O–H groups in total. The fraction of sp³-hybridized carbons (Fsp3) is 0.387. The zero-order valence-corrected chi connectivity index (χ0v) is 24.3. The van der Waals surface area contributed by atoms with Crippen LogP contribution in [0, 0.1) is 0 Å². The second-order valence-corrected chi connectivity index (χ2v) is 11.3. The van der Waals surface area contributed by atoms with Gasteiger partial charge in [0.05, 0.1) is 12.2 Å². The highest BCUT2D eigenvalue weighted by Gasteiger charge is 2.71. The molecule has 45 heavy (non-hydrogen) atoms. The van der Waals surface area contributed by atoms with Gasteiger partial charge in [-0.2, -0.15) is 26.3 Å². The maximum Gasteiger partial charge on any atom is 0.430 e. The number of halogens is 6. The summed E-state index contributed by atoms with van der Waals surface area (Å²) in [4.78, 5) is 31.6. The van der Waals surface area contributed by atoms with Crippen molar-refractivity contribution < 1.29 is 50.5 Å². The van der Waals surface area contributed by atoms with Gasteiger partial charge in [0.15, 0.2) is 0 Å². The van der Waals surface area contributed by atoms with E-state index in [2.05, 4.69) is 10.3 Å². The molecule has 2 unspecified atom stereocenters. The first-order chi connectivity index (χ1) is 21.0. The number of nitrogens with one attached hydrogen (secondary N) is 1. The van der Waals surface area contributed by atoms with Crippen LogP contribution in [-0.2, 0) is 35.3 Å². The molecule has 3 aromatic rings. The number of amides is 3. The van der Waals surface area contributed by atoms with Gasteiger partial charge in [0, 0.05) is 24.2 Å². The maximum absolute atomic E-state index is 13.5. The quantitative estimate of drug-likeness (QED) is 0.218. The van der Waals surface area contributed by atoms with Gasteiger partial charge >= 0.3 is 18.4 Å². The van der Waals surface area contributed by atoms with Crippen LogP contribution in [0.2, 0.25) is 0 Å². The number of urea groups is 1. The first-order valence-electron chi connectivity index (χ1n) is 14.0. The Hall–Kier alpha value is -4.33. The van der Waals surface area contributed by atoms with E-state index >= 15 is 0 Å². The third-order valence-electron chi connectivity index (χ3n) is 7.91. The van der Waals surface area contributed by atoms with Crippen LogP contribution in [0.15, 0.2) is 54.7 Å². The summed E-state index contributed by atoms with van der Waals surface area (Å²) in [5, 5.41) is 12.6. The summed E-state index contributed by atoms with van der Waals surface area (Å²) in [6, 6.07) is 9.55. The number of carbonyl (C=O) groups excluding carboxylic acids is 2. The predicted octanol–water partition coefficient (Wildman–Crippen LogP) is 6.43. The Morgan fingerprint density at radius 3 is 2.44 bits per heavy atom. The van der Waals surface area contributed by atoms with Gasteiger partial charge in [0.25, 0.3) is 11.5 Å². The Balaban J connectivity index is 1.37. The van der Waals surface area contributed by atoms with E-state index in [-0.39, 0.29) is 41.8 Å². The van der Waals surface area contributed by atoms with Crippen molar-refractivity contribution in [2.45, 2.75) is 76.2 Å². The number of carbonyl (C=O) groups is 2. The molecule has 240 valence electrons. The molecule has 0 saturated carbocycles. The zero-order chi connectivity index (χ0) is 32.9. The number of aliphatic hydroxyl groups is 1. The lowest BCUT2D eigenvalue weighted by atomic mass is 9.90. The number of ether oxygens (including phenoxy) is 2. The highest BCUT2D eigenvalue weighted by atomic mass is 19.4. The SMILES string of the molecule is CCCc1cc(C(O)(C(F)(F)F)C(F)(F)F)ccc1Oc1ccnc(CN2C(=O)NC(C)(c3ccc4c(c3)OC(C)C4)C2=O)c1. The van der Waals surface area contributed by atoms with E-state index in [1.54, 1.807) is 26.0 Å². The van der Waals surface area contributed by atoms with Crippen molar-refractivity contribution in [3.05, 3.63) is 82.7 Å². The van der Waals surface area contributed by atoms with E-state index in [4.69, 9.17) is 9.47 Å². The standard InChI is InChI=1S/C31H29F6N3O5/c1-4-5-18-13-21(29(43,30(32,33)34)31(35,36)37)8-9-24(18)45-23-10-11-38-22(15-23)16-40-26(41)28(3,39-27(40)42)20-7-6-19-12-17(2)44-25(19)14-20/h6-11,13-15,17,43H,4-5,12,16H2,1-3H3,(H,39,42). The lowest BCUT2D eigenvalue weighted by Gasteiger charge is -2.33. The molecule has 0 aliphatic carbocycles. The van der Waals surface area contributed by atoms with Crippen molar-refractivity contribution in [3.8, 4) is 17.2 Å². The van der Waals surface area contributed by atoms with Crippen LogP contribution in [0.5, 0.6) is 17.2 Å². The summed E-state index contributed by atoms with van der Waals surface area (Å²) >= 11 is 0. The number of fused-ring (bicyclic) bond motifs is 1. The summed E-state index contributed by atoms with van der Waals surface area (Å²) in [5.41, 5.74) is -6.08. The second-order valence-electron chi connectivity index (χ2n) is 11.3. The largest absolute Gasteiger partial charge is 0.490 e. The maximum atomic E-state index is 13.5. The van der Waals surface area contributed by atoms with E-state index in [9.17, 15) is 41.0 Å². The normalized spacial score (nSPS) is 20.2. The van der Waals surface area contributed by atoms with E-state index in [0.29, 0.717) is 29.9 Å². The third kappa shape index (κ3) is 5.67. The molecule has 8 nitrogen and oxygen atoms in total. The molecule has 0 bridgehead atoms. The van der Waals surface area contributed by atoms with Crippen molar-refractivity contribution in [2.24, 2.45) is 0 Å². The van der Waals surface area contributed by atoms with Crippen LogP contribution in [0.4, 0.5) is 31.1 Å². The Morgan fingerprint density at radius 2 is 1.78 bits per heavy atom. The van der Waals surface area contributed by atoms with Crippen LogP contribution in [0.25, 0.3) is 0 Å².